The van der Waals surface area contributed by atoms with Crippen molar-refractivity contribution in [1.82, 2.24) is 20.3 Å². The largest absolute Gasteiger partial charge is 0.383 e. The van der Waals surface area contributed by atoms with Crippen LogP contribution in [0.15, 0.2) is 40.7 Å². The number of nitrogens with one attached hydrogen (secondary N) is 3. The normalized spacial score (nSPS) is 18.5. The Kier molecular flexibility index (Phi) is 9.83. The first-order chi connectivity index (χ1) is 15.3. The molecule has 2 rings (SSSR count). The van der Waals surface area contributed by atoms with Crippen LogP contribution in [0, 0.1) is 5.41 Å². The summed E-state index contributed by atoms with van der Waals surface area (Å²) < 4.78 is 6.89. The number of carbonyl (C=O) groups excluding carboxylic acids is 1. The summed E-state index contributed by atoms with van der Waals surface area (Å²) >= 11 is 0. The van der Waals surface area contributed by atoms with Crippen LogP contribution in [-0.2, 0) is 9.57 Å². The van der Waals surface area contributed by atoms with Crippen molar-refractivity contribution in [3.05, 3.63) is 46.7 Å². The molecular weight excluding hydrogens is 408 g/mol. The van der Waals surface area contributed by atoms with E-state index in [9.17, 15) is 4.79 Å². The zero-order valence-electron chi connectivity index (χ0n) is 20.0. The summed E-state index contributed by atoms with van der Waals surface area (Å²) in [7, 11) is 3.37. The fourth-order valence-corrected chi connectivity index (χ4v) is 3.49. The van der Waals surface area contributed by atoms with E-state index in [-0.39, 0.29) is 12.1 Å². The maximum Gasteiger partial charge on any atom is 0.319 e. The molecule has 9 heteroatoms. The molecule has 1 aromatic heterocycles. The number of amides is 2. The van der Waals surface area contributed by atoms with Gasteiger partial charge in [-0.25, -0.2) is 4.79 Å². The summed E-state index contributed by atoms with van der Waals surface area (Å²) in [5.74, 6) is 0. The lowest BCUT2D eigenvalue weighted by Gasteiger charge is -2.16. The van der Waals surface area contributed by atoms with Crippen LogP contribution in [0.25, 0.3) is 5.70 Å². The number of ether oxygens (including phenoxy) is 1. The molecule has 0 bridgehead atoms. The molecule has 1 atom stereocenters. The molecule has 0 aliphatic carbocycles. The van der Waals surface area contributed by atoms with Gasteiger partial charge in [0.1, 0.15) is 5.49 Å². The van der Waals surface area contributed by atoms with Gasteiger partial charge < -0.3 is 19.9 Å². The third kappa shape index (κ3) is 6.88. The molecular formula is C23H36N6O3. The zero-order valence-corrected chi connectivity index (χ0v) is 20.0. The van der Waals surface area contributed by atoms with Gasteiger partial charge in [0.05, 0.1) is 25.0 Å². The summed E-state index contributed by atoms with van der Waals surface area (Å²) in [5.41, 5.74) is 4.60. The highest BCUT2D eigenvalue weighted by Crippen LogP contribution is 2.13. The highest BCUT2D eigenvalue weighted by atomic mass is 16.7. The van der Waals surface area contributed by atoms with Gasteiger partial charge in [-0.05, 0) is 44.9 Å². The monoisotopic (exact) mass is 444 g/mol. The third-order valence-electron chi connectivity index (χ3n) is 5.31. The zero-order chi connectivity index (χ0) is 23.7. The Bertz CT molecular complexity index is 947. The van der Waals surface area contributed by atoms with Gasteiger partial charge in [-0.3, -0.25) is 15.2 Å². The Balaban J connectivity index is 2.10. The number of methoxy groups -OCH3 is 1. The number of urea groups is 1. The van der Waals surface area contributed by atoms with Crippen LogP contribution < -0.4 is 16.1 Å². The first kappa shape index (κ1) is 25.5. The Morgan fingerprint density at radius 2 is 2.12 bits per heavy atom. The number of allylic oxidation sites excluding steroid dienone is 4. The van der Waals surface area contributed by atoms with Crippen LogP contribution in [0.5, 0.6) is 0 Å². The van der Waals surface area contributed by atoms with Crippen molar-refractivity contribution in [2.75, 3.05) is 40.5 Å². The summed E-state index contributed by atoms with van der Waals surface area (Å²) in [6, 6.07) is 3.27. The van der Waals surface area contributed by atoms with E-state index in [0.717, 1.165) is 29.0 Å². The molecule has 0 radical (unpaired) electrons. The van der Waals surface area contributed by atoms with Crippen LogP contribution in [-0.4, -0.2) is 67.9 Å². The molecule has 176 valence electrons. The topological polar surface area (TPSA) is 104 Å². The Labute approximate surface area is 190 Å². The lowest BCUT2D eigenvalue weighted by Crippen LogP contribution is -2.44. The van der Waals surface area contributed by atoms with Crippen molar-refractivity contribution in [3.8, 4) is 0 Å². The molecule has 1 saturated heterocycles. The molecule has 2 amide bonds. The molecule has 1 aliphatic rings. The second-order valence-electron chi connectivity index (χ2n) is 7.72. The van der Waals surface area contributed by atoms with Crippen LogP contribution in [0.3, 0.4) is 0 Å². The van der Waals surface area contributed by atoms with Crippen LogP contribution in [0.2, 0.25) is 0 Å². The average molecular weight is 445 g/mol. The van der Waals surface area contributed by atoms with Gasteiger partial charge in [0, 0.05) is 50.4 Å². The first-order valence-corrected chi connectivity index (χ1v) is 10.8. The Hall–Kier alpha value is -2.75. The van der Waals surface area contributed by atoms with E-state index < -0.39 is 0 Å². The number of carbonyl (C=O) groups is 1. The first-order valence-electron chi connectivity index (χ1n) is 10.8. The standard InChI is InChI=1S/C23H36N6O3/c1-7-8-16(2)29-13-19(9-10-21(29)24)22(25-5)17(3)18(4)26-23(30)27-20-14-28(32-15-20)11-12-31-6/h8-10,13,20,24H,7,11-12,14-15H2,1-6H3,(H2,26,27,30)/b16-8+,18-17+,24-21?,25-22+/t20-/m1/s1. The lowest BCUT2D eigenvalue weighted by atomic mass is 10.0. The second kappa shape index (κ2) is 12.3. The number of aromatic nitrogens is 1. The van der Waals surface area contributed by atoms with Crippen molar-refractivity contribution in [2.24, 2.45) is 4.99 Å². The van der Waals surface area contributed by atoms with Gasteiger partial charge in [-0.2, -0.15) is 5.06 Å². The fourth-order valence-electron chi connectivity index (χ4n) is 3.49. The molecule has 32 heavy (non-hydrogen) atoms. The van der Waals surface area contributed by atoms with E-state index in [2.05, 4.69) is 28.6 Å². The molecule has 3 N–H and O–H groups in total. The minimum atomic E-state index is -0.280. The minimum Gasteiger partial charge on any atom is -0.383 e. The van der Waals surface area contributed by atoms with Crippen LogP contribution in [0.1, 0.15) is 39.7 Å². The summed E-state index contributed by atoms with van der Waals surface area (Å²) in [4.78, 5) is 22.5. The van der Waals surface area contributed by atoms with Crippen LogP contribution >= 0.6 is 0 Å². The van der Waals surface area contributed by atoms with Crippen molar-refractivity contribution in [3.63, 3.8) is 0 Å². The van der Waals surface area contributed by atoms with Crippen molar-refractivity contribution < 1.29 is 14.4 Å². The predicted octanol–water partition coefficient (Wildman–Crippen LogP) is 2.51. The molecule has 0 saturated carbocycles. The number of hydrogen-bond donors (Lipinski definition) is 3. The van der Waals surface area contributed by atoms with Gasteiger partial charge in [-0.1, -0.05) is 13.0 Å². The molecule has 1 fully saturated rings. The minimum absolute atomic E-state index is 0.0869. The number of aliphatic imine (C=N–C) groups is 1. The smallest absolute Gasteiger partial charge is 0.319 e. The summed E-state index contributed by atoms with van der Waals surface area (Å²) in [6.07, 6.45) is 4.88. The highest BCUT2D eigenvalue weighted by molar-refractivity contribution is 6.12. The van der Waals surface area contributed by atoms with Gasteiger partial charge in [0.2, 0.25) is 0 Å². The highest BCUT2D eigenvalue weighted by Gasteiger charge is 2.25. The molecule has 9 nitrogen and oxygen atoms in total. The summed E-state index contributed by atoms with van der Waals surface area (Å²) in [6.45, 7) is 10.1. The van der Waals surface area contributed by atoms with Crippen molar-refractivity contribution in [2.45, 2.75) is 40.2 Å². The molecule has 1 aromatic rings. The molecule has 0 unspecified atom stereocenters. The SMILES string of the molecule is CC/C=C(\C)n1cc(C(=N/C)/C(C)=C(\C)NC(=O)N[C@H]2CON(CCOC)C2)ccc1=N. The third-order valence-corrected chi connectivity index (χ3v) is 5.31. The predicted molar refractivity (Wildman–Crippen MR) is 126 cm³/mol. The summed E-state index contributed by atoms with van der Waals surface area (Å²) in [5, 5.41) is 15.9. The second-order valence-corrected chi connectivity index (χ2v) is 7.72. The average Bonchev–Trinajstić information content (AvgIpc) is 3.20. The van der Waals surface area contributed by atoms with Gasteiger partial charge in [0.25, 0.3) is 0 Å². The van der Waals surface area contributed by atoms with Gasteiger partial charge in [-0.15, -0.1) is 0 Å². The number of hydrogen-bond acceptors (Lipinski definition) is 6. The number of pyridine rings is 1. The number of hydroxylamine groups is 2. The van der Waals surface area contributed by atoms with E-state index in [1.54, 1.807) is 25.3 Å². The van der Waals surface area contributed by atoms with E-state index in [1.165, 1.54) is 0 Å². The number of rotatable bonds is 9. The van der Waals surface area contributed by atoms with E-state index in [1.807, 2.05) is 37.6 Å². The van der Waals surface area contributed by atoms with E-state index >= 15 is 0 Å². The lowest BCUT2D eigenvalue weighted by molar-refractivity contribution is -0.118. The van der Waals surface area contributed by atoms with Crippen LogP contribution in [0.4, 0.5) is 4.79 Å². The molecule has 2 heterocycles. The van der Waals surface area contributed by atoms with Gasteiger partial charge in [0.15, 0.2) is 0 Å². The van der Waals surface area contributed by atoms with Gasteiger partial charge >= 0.3 is 6.03 Å². The Morgan fingerprint density at radius 1 is 1.38 bits per heavy atom. The Morgan fingerprint density at radius 3 is 2.78 bits per heavy atom. The molecule has 0 aromatic carbocycles. The molecule has 1 aliphatic heterocycles. The van der Waals surface area contributed by atoms with E-state index in [0.29, 0.717) is 37.5 Å². The van der Waals surface area contributed by atoms with Crippen molar-refractivity contribution in [1.29, 1.82) is 5.41 Å². The quantitative estimate of drug-likeness (QED) is 0.509. The van der Waals surface area contributed by atoms with E-state index in [4.69, 9.17) is 15.0 Å². The number of nitrogens with zero attached hydrogens (tertiary/aromatic N) is 3. The van der Waals surface area contributed by atoms with Crippen molar-refractivity contribution >= 4 is 17.4 Å². The molecule has 0 spiro atoms. The fraction of sp³-hybridized carbons (Fsp3) is 0.522. The maximum atomic E-state index is 12.5. The maximum absolute atomic E-state index is 12.5.